The molecule has 0 radical (unpaired) electrons. The van der Waals surface area contributed by atoms with Crippen molar-refractivity contribution in [3.8, 4) is 0 Å². The first kappa shape index (κ1) is 6.00. The van der Waals surface area contributed by atoms with E-state index in [-0.39, 0.29) is 7.53 Å². The Hall–Kier alpha value is -0.740. The number of hydrogen-bond acceptors (Lipinski definition) is 0. The Morgan fingerprint density at radius 3 is 2.60 bits per heavy atom. The Bertz CT molecular complexity index is 265. The van der Waals surface area contributed by atoms with Crippen molar-refractivity contribution in [3.63, 3.8) is 0 Å². The van der Waals surface area contributed by atoms with Crippen LogP contribution < -0.4 is 0 Å². The lowest BCUT2D eigenvalue weighted by Gasteiger charge is -1.95. The summed E-state index contributed by atoms with van der Waals surface area (Å²) >= 11 is 0. The molecule has 0 nitrogen and oxygen atoms in total. The molecule has 0 amide bonds. The minimum atomic E-state index is -0.00874. The van der Waals surface area contributed by atoms with E-state index < -0.39 is 0 Å². The van der Waals surface area contributed by atoms with Crippen LogP contribution in [-0.2, 0) is 0 Å². The second-order valence-electron chi connectivity index (χ2n) is 2.38. The zero-order valence-corrected chi connectivity index (χ0v) is 6.59. The summed E-state index contributed by atoms with van der Waals surface area (Å²) in [6.07, 6.45) is 7.78. The van der Waals surface area contributed by atoms with E-state index in [0.717, 1.165) is 0 Å². The largest absolute Gasteiger partial charge is 0.0973 e. The molecule has 10 heavy (non-hydrogen) atoms. The molecule has 0 aliphatic heterocycles. The molecular weight excluding hydrogens is 139 g/mol. The van der Waals surface area contributed by atoms with Gasteiger partial charge in [-0.1, -0.05) is 37.9 Å². The number of hydrogen-bond donors (Lipinski definition) is 0. The molecule has 0 saturated carbocycles. The molecule has 1 aromatic rings. The average molecular weight is 148 g/mol. The van der Waals surface area contributed by atoms with Crippen molar-refractivity contribution in [1.29, 1.82) is 0 Å². The van der Waals surface area contributed by atoms with Crippen LogP contribution in [0.15, 0.2) is 42.0 Å². The van der Waals surface area contributed by atoms with E-state index in [1.807, 2.05) is 0 Å². The molecule has 1 heterocycles. The Balaban J connectivity index is 2.30. The first-order chi connectivity index (χ1) is 4.97. The summed E-state index contributed by atoms with van der Waals surface area (Å²) < 4.78 is 0. The molecule has 50 valence electrons. The highest BCUT2D eigenvalue weighted by Gasteiger charge is 1.99. The molecule has 0 saturated heterocycles. The zero-order chi connectivity index (χ0) is 6.81. The first-order valence-corrected chi connectivity index (χ1v) is 4.94. The molecule has 1 aromatic heterocycles. The molecule has 0 spiro atoms. The summed E-state index contributed by atoms with van der Waals surface area (Å²) in [4.78, 5) is 0. The van der Waals surface area contributed by atoms with E-state index in [9.17, 15) is 0 Å². The van der Waals surface area contributed by atoms with Gasteiger partial charge in [-0.3, -0.25) is 0 Å². The maximum atomic E-state index is 2.30. The van der Waals surface area contributed by atoms with Crippen LogP contribution >= 0.6 is 7.53 Å². The van der Waals surface area contributed by atoms with Gasteiger partial charge in [0.2, 0.25) is 0 Å². The highest BCUT2D eigenvalue weighted by atomic mass is 31.1. The molecule has 0 atom stereocenters. The van der Waals surface area contributed by atoms with Crippen LogP contribution in [0.4, 0.5) is 0 Å². The van der Waals surface area contributed by atoms with Gasteiger partial charge >= 0.3 is 0 Å². The van der Waals surface area contributed by atoms with Crippen LogP contribution in [0.25, 0.3) is 5.31 Å². The van der Waals surface area contributed by atoms with Gasteiger partial charge in [0, 0.05) is 0 Å². The lowest BCUT2D eigenvalue weighted by Crippen LogP contribution is -1.57. The Morgan fingerprint density at radius 1 is 1.20 bits per heavy atom. The van der Waals surface area contributed by atoms with Gasteiger partial charge in [-0.05, 0) is 23.3 Å². The summed E-state index contributed by atoms with van der Waals surface area (Å²) in [5, 5.41) is 1.58. The second-order valence-corrected chi connectivity index (χ2v) is 4.37. The average Bonchev–Trinajstić information content (AvgIpc) is 2.59. The van der Waals surface area contributed by atoms with Crippen LogP contribution in [0.2, 0.25) is 0 Å². The molecule has 0 aromatic carbocycles. The summed E-state index contributed by atoms with van der Waals surface area (Å²) in [5.74, 6) is 4.60. The molecule has 1 aliphatic rings. The van der Waals surface area contributed by atoms with E-state index in [0.29, 0.717) is 0 Å². The maximum Gasteiger partial charge on any atom is -0.00537 e. The molecule has 0 fully saturated rings. The molecular formula is C9H9P. The van der Waals surface area contributed by atoms with Crippen molar-refractivity contribution in [3.05, 3.63) is 42.0 Å². The van der Waals surface area contributed by atoms with Crippen LogP contribution in [0, 0.1) is 0 Å². The minimum absolute atomic E-state index is 0.00874. The molecule has 1 aliphatic carbocycles. The van der Waals surface area contributed by atoms with Crippen molar-refractivity contribution in [1.82, 2.24) is 0 Å². The predicted octanol–water partition coefficient (Wildman–Crippen LogP) is 3.47. The van der Waals surface area contributed by atoms with Crippen LogP contribution in [0.5, 0.6) is 0 Å². The topological polar surface area (TPSA) is 0 Å². The summed E-state index contributed by atoms with van der Waals surface area (Å²) in [5.41, 5.74) is 0. The summed E-state index contributed by atoms with van der Waals surface area (Å²) in [6, 6.07) is 4.29. The van der Waals surface area contributed by atoms with Gasteiger partial charge in [-0.15, -0.1) is 0 Å². The predicted molar refractivity (Wildman–Crippen MR) is 47.2 cm³/mol. The third kappa shape index (κ3) is 0.955. The molecule has 0 N–H and O–H groups in total. The fourth-order valence-corrected chi connectivity index (χ4v) is 2.78. The first-order valence-electron chi connectivity index (χ1n) is 3.46. The van der Waals surface area contributed by atoms with Gasteiger partial charge in [0.1, 0.15) is 0 Å². The van der Waals surface area contributed by atoms with E-state index in [2.05, 4.69) is 42.0 Å². The third-order valence-electron chi connectivity index (χ3n) is 1.69. The standard InChI is InChI=1S/C9H9P/c1-2-6-9(5-1)10-7-3-4-8-10/h1-5,7-8H,6H2. The van der Waals surface area contributed by atoms with E-state index in [4.69, 9.17) is 0 Å². The van der Waals surface area contributed by atoms with Gasteiger partial charge in [0.25, 0.3) is 0 Å². The van der Waals surface area contributed by atoms with Crippen LogP contribution in [0.3, 0.4) is 0 Å². The van der Waals surface area contributed by atoms with E-state index in [1.54, 1.807) is 5.31 Å². The Kier molecular flexibility index (Phi) is 1.49. The van der Waals surface area contributed by atoms with Gasteiger partial charge in [0.15, 0.2) is 0 Å². The van der Waals surface area contributed by atoms with Gasteiger partial charge in [0.05, 0.1) is 0 Å². The fourth-order valence-electron chi connectivity index (χ4n) is 1.15. The quantitative estimate of drug-likeness (QED) is 0.572. The van der Waals surface area contributed by atoms with Gasteiger partial charge < -0.3 is 0 Å². The highest BCUT2D eigenvalue weighted by Crippen LogP contribution is 2.42. The lowest BCUT2D eigenvalue weighted by molar-refractivity contribution is 1.53. The van der Waals surface area contributed by atoms with Crippen LogP contribution in [0.1, 0.15) is 6.42 Å². The van der Waals surface area contributed by atoms with Crippen LogP contribution in [-0.4, -0.2) is 0 Å². The smallest absolute Gasteiger partial charge is 0.00537 e. The van der Waals surface area contributed by atoms with Gasteiger partial charge in [-0.25, -0.2) is 0 Å². The van der Waals surface area contributed by atoms with E-state index in [1.165, 1.54) is 6.42 Å². The molecule has 0 bridgehead atoms. The summed E-state index contributed by atoms with van der Waals surface area (Å²) in [7, 11) is -0.00874. The highest BCUT2D eigenvalue weighted by molar-refractivity contribution is 7.59. The molecule has 1 heteroatoms. The lowest BCUT2D eigenvalue weighted by atomic mass is 10.5. The van der Waals surface area contributed by atoms with Crippen molar-refractivity contribution < 1.29 is 0 Å². The van der Waals surface area contributed by atoms with Crippen molar-refractivity contribution >= 4 is 12.8 Å². The molecule has 0 unspecified atom stereocenters. The van der Waals surface area contributed by atoms with E-state index >= 15 is 0 Å². The van der Waals surface area contributed by atoms with Gasteiger partial charge in [-0.2, -0.15) is 0 Å². The normalized spacial score (nSPS) is 15.8. The number of allylic oxidation sites excluding steroid dienone is 4. The molecule has 2 rings (SSSR count). The monoisotopic (exact) mass is 148 g/mol. The summed E-state index contributed by atoms with van der Waals surface area (Å²) in [6.45, 7) is 0. The fraction of sp³-hybridized carbons (Fsp3) is 0.111. The Morgan fingerprint density at radius 2 is 2.00 bits per heavy atom. The SMILES string of the molecule is C1=CCC(p2cccc2)=C1. The van der Waals surface area contributed by atoms with Crippen molar-refractivity contribution in [2.24, 2.45) is 0 Å². The van der Waals surface area contributed by atoms with Crippen molar-refractivity contribution in [2.45, 2.75) is 6.42 Å². The second kappa shape index (κ2) is 2.48. The van der Waals surface area contributed by atoms with Crippen molar-refractivity contribution in [2.75, 3.05) is 0 Å². The third-order valence-corrected chi connectivity index (χ3v) is 3.67. The maximum absolute atomic E-state index is 2.30. The Labute approximate surface area is 61.9 Å². The minimum Gasteiger partial charge on any atom is -0.0973 e. The number of rotatable bonds is 1. The zero-order valence-electron chi connectivity index (χ0n) is 5.70.